The van der Waals surface area contributed by atoms with Crippen molar-refractivity contribution in [2.75, 3.05) is 6.61 Å². The maximum atomic E-state index is 12.2. The van der Waals surface area contributed by atoms with E-state index in [-0.39, 0.29) is 24.5 Å². The molecule has 2 N–H and O–H groups in total. The fourth-order valence-corrected chi connectivity index (χ4v) is 3.54. The first-order valence-electron chi connectivity index (χ1n) is 9.70. The standard InChI is InChI=1S/C23H20N2O6/c1-3-30-22(28)14-4-6-15(7-5-14)25-16(8-9-17(25)12-26)11-19-18-10-13(2)24-21(27)20(18)23(29)31-19/h4-11,26H,3,12H2,1-2H3,(H,24,27)/b19-11-. The van der Waals surface area contributed by atoms with E-state index in [1.165, 1.54) is 0 Å². The van der Waals surface area contributed by atoms with Crippen molar-refractivity contribution >= 4 is 23.8 Å². The van der Waals surface area contributed by atoms with Crippen LogP contribution in [0.3, 0.4) is 0 Å². The Hall–Kier alpha value is -3.91. The molecule has 0 fully saturated rings. The van der Waals surface area contributed by atoms with Gasteiger partial charge in [-0.15, -0.1) is 0 Å². The number of nitrogens with one attached hydrogen (secondary N) is 1. The quantitative estimate of drug-likeness (QED) is 0.614. The summed E-state index contributed by atoms with van der Waals surface area (Å²) in [5.74, 6) is -0.871. The number of aliphatic hydroxyl groups excluding tert-OH is 1. The van der Waals surface area contributed by atoms with Crippen LogP contribution in [0.4, 0.5) is 0 Å². The summed E-state index contributed by atoms with van der Waals surface area (Å²) in [6.07, 6.45) is 1.64. The maximum Gasteiger partial charge on any atom is 0.349 e. The number of carbonyl (C=O) groups excluding carboxylic acids is 2. The highest BCUT2D eigenvalue weighted by Gasteiger charge is 2.30. The predicted molar refractivity (Wildman–Crippen MR) is 113 cm³/mol. The highest BCUT2D eigenvalue weighted by Crippen LogP contribution is 2.31. The molecule has 8 heteroatoms. The number of carbonyl (C=O) groups is 2. The van der Waals surface area contributed by atoms with Crippen LogP contribution in [0.25, 0.3) is 17.5 Å². The largest absolute Gasteiger partial charge is 0.462 e. The van der Waals surface area contributed by atoms with Crippen molar-refractivity contribution in [3.63, 3.8) is 0 Å². The molecule has 3 aromatic rings. The smallest absolute Gasteiger partial charge is 0.349 e. The lowest BCUT2D eigenvalue weighted by molar-refractivity contribution is 0.0526. The Morgan fingerprint density at radius 1 is 1.19 bits per heavy atom. The normalized spacial score (nSPS) is 13.9. The van der Waals surface area contributed by atoms with Crippen LogP contribution in [-0.4, -0.2) is 33.2 Å². The van der Waals surface area contributed by atoms with Crippen LogP contribution in [0.5, 0.6) is 0 Å². The van der Waals surface area contributed by atoms with Crippen LogP contribution in [0, 0.1) is 6.92 Å². The number of fused-ring (bicyclic) bond motifs is 1. The van der Waals surface area contributed by atoms with Crippen LogP contribution in [0.1, 0.15) is 50.3 Å². The van der Waals surface area contributed by atoms with Gasteiger partial charge >= 0.3 is 11.9 Å². The molecule has 0 atom stereocenters. The van der Waals surface area contributed by atoms with Gasteiger partial charge < -0.3 is 24.1 Å². The lowest BCUT2D eigenvalue weighted by atomic mass is 10.1. The molecule has 4 rings (SSSR count). The molecule has 8 nitrogen and oxygen atoms in total. The fourth-order valence-electron chi connectivity index (χ4n) is 3.54. The van der Waals surface area contributed by atoms with Crippen molar-refractivity contribution in [1.82, 2.24) is 9.55 Å². The molecule has 0 amide bonds. The molecule has 0 bridgehead atoms. The number of H-pyrrole nitrogens is 1. The maximum absolute atomic E-state index is 12.2. The SMILES string of the molecule is CCOC(=O)c1ccc(-n2c(/C=C3\OC(=O)c4c3cc(C)[nH]c4=O)ccc2CO)cc1. The number of rotatable bonds is 5. The second-order valence-electron chi connectivity index (χ2n) is 6.98. The zero-order valence-corrected chi connectivity index (χ0v) is 17.0. The molecule has 1 aliphatic rings. The Kier molecular flexibility index (Phi) is 5.31. The lowest BCUT2D eigenvalue weighted by Crippen LogP contribution is -2.16. The van der Waals surface area contributed by atoms with Crippen molar-refractivity contribution in [2.45, 2.75) is 20.5 Å². The van der Waals surface area contributed by atoms with Crippen molar-refractivity contribution in [3.8, 4) is 5.69 Å². The number of aryl methyl sites for hydroxylation is 1. The van der Waals surface area contributed by atoms with E-state index in [1.807, 2.05) is 0 Å². The number of nitrogens with zero attached hydrogens (tertiary/aromatic N) is 1. The van der Waals surface area contributed by atoms with Crippen molar-refractivity contribution in [2.24, 2.45) is 0 Å². The molecule has 0 saturated carbocycles. The highest BCUT2D eigenvalue weighted by molar-refractivity contribution is 6.05. The lowest BCUT2D eigenvalue weighted by Gasteiger charge is -2.12. The van der Waals surface area contributed by atoms with Gasteiger partial charge in [0.15, 0.2) is 0 Å². The average molecular weight is 420 g/mol. The summed E-state index contributed by atoms with van der Waals surface area (Å²) < 4.78 is 12.1. The van der Waals surface area contributed by atoms with E-state index in [9.17, 15) is 19.5 Å². The third-order valence-electron chi connectivity index (χ3n) is 4.91. The van der Waals surface area contributed by atoms with Gasteiger partial charge in [-0.25, -0.2) is 9.59 Å². The van der Waals surface area contributed by atoms with E-state index >= 15 is 0 Å². The Balaban J connectivity index is 1.78. The molecule has 0 radical (unpaired) electrons. The van der Waals surface area contributed by atoms with Gasteiger partial charge in [-0.2, -0.15) is 0 Å². The highest BCUT2D eigenvalue weighted by atomic mass is 16.5. The van der Waals surface area contributed by atoms with Crippen molar-refractivity contribution < 1.29 is 24.2 Å². The minimum Gasteiger partial charge on any atom is -0.462 e. The van der Waals surface area contributed by atoms with Gasteiger partial charge in [-0.05, 0) is 56.3 Å². The molecular formula is C23H20N2O6. The summed E-state index contributed by atoms with van der Waals surface area (Å²) in [6, 6.07) is 11.9. The number of hydrogen-bond acceptors (Lipinski definition) is 6. The summed E-state index contributed by atoms with van der Waals surface area (Å²) in [7, 11) is 0. The third-order valence-corrected chi connectivity index (χ3v) is 4.91. The van der Waals surface area contributed by atoms with Gasteiger partial charge in [0, 0.05) is 34.4 Å². The molecule has 3 heterocycles. The minimum absolute atomic E-state index is 0.0314. The number of hydrogen-bond donors (Lipinski definition) is 2. The van der Waals surface area contributed by atoms with Crippen LogP contribution in [0.2, 0.25) is 0 Å². The van der Waals surface area contributed by atoms with Crippen LogP contribution < -0.4 is 5.56 Å². The van der Waals surface area contributed by atoms with E-state index < -0.39 is 17.5 Å². The number of aliphatic hydroxyl groups is 1. The number of pyridine rings is 1. The van der Waals surface area contributed by atoms with Gasteiger partial charge in [0.25, 0.3) is 5.56 Å². The van der Waals surface area contributed by atoms with Gasteiger partial charge in [0.1, 0.15) is 11.3 Å². The first kappa shape index (κ1) is 20.4. The molecule has 1 aromatic carbocycles. The molecule has 0 spiro atoms. The monoisotopic (exact) mass is 420 g/mol. The second-order valence-corrected chi connectivity index (χ2v) is 6.98. The first-order valence-corrected chi connectivity index (χ1v) is 9.70. The fraction of sp³-hybridized carbons (Fsp3) is 0.174. The van der Waals surface area contributed by atoms with Gasteiger partial charge in [-0.1, -0.05) is 0 Å². The average Bonchev–Trinajstić information content (AvgIpc) is 3.29. The summed E-state index contributed by atoms with van der Waals surface area (Å²) >= 11 is 0. The molecule has 0 unspecified atom stereocenters. The number of aromatic amines is 1. The third kappa shape index (κ3) is 3.69. The Morgan fingerprint density at radius 2 is 1.94 bits per heavy atom. The molecule has 158 valence electrons. The number of ether oxygens (including phenoxy) is 2. The number of cyclic esters (lactones) is 1. The predicted octanol–water partition coefficient (Wildman–Crippen LogP) is 2.81. The molecule has 0 aliphatic carbocycles. The number of benzene rings is 1. The topological polar surface area (TPSA) is 111 Å². The minimum atomic E-state index is -0.707. The zero-order valence-electron chi connectivity index (χ0n) is 17.0. The Morgan fingerprint density at radius 3 is 2.61 bits per heavy atom. The Bertz CT molecular complexity index is 1260. The van der Waals surface area contributed by atoms with E-state index in [1.54, 1.807) is 67.0 Å². The van der Waals surface area contributed by atoms with E-state index in [2.05, 4.69) is 4.98 Å². The van der Waals surface area contributed by atoms with Crippen molar-refractivity contribution in [1.29, 1.82) is 0 Å². The summed E-state index contributed by atoms with van der Waals surface area (Å²) in [6.45, 7) is 3.52. The molecule has 0 saturated heterocycles. The van der Waals surface area contributed by atoms with Gasteiger partial charge in [0.05, 0.1) is 18.8 Å². The van der Waals surface area contributed by atoms with E-state index in [4.69, 9.17) is 9.47 Å². The summed E-state index contributed by atoms with van der Waals surface area (Å²) in [5, 5.41) is 9.79. The summed E-state index contributed by atoms with van der Waals surface area (Å²) in [5.41, 5.74) is 2.83. The van der Waals surface area contributed by atoms with Crippen LogP contribution in [-0.2, 0) is 16.1 Å². The number of aromatic nitrogens is 2. The van der Waals surface area contributed by atoms with Crippen LogP contribution in [0.15, 0.2) is 47.3 Å². The summed E-state index contributed by atoms with van der Waals surface area (Å²) in [4.78, 5) is 38.9. The van der Waals surface area contributed by atoms with Crippen LogP contribution >= 0.6 is 0 Å². The first-order chi connectivity index (χ1) is 14.9. The van der Waals surface area contributed by atoms with Gasteiger partial charge in [0.2, 0.25) is 0 Å². The molecule has 31 heavy (non-hydrogen) atoms. The molecular weight excluding hydrogens is 400 g/mol. The van der Waals surface area contributed by atoms with Crippen molar-refractivity contribution in [3.05, 3.63) is 86.6 Å². The van der Waals surface area contributed by atoms with E-state index in [0.29, 0.717) is 33.9 Å². The molecule has 2 aromatic heterocycles. The Labute approximate surface area is 177 Å². The number of esters is 2. The van der Waals surface area contributed by atoms with Gasteiger partial charge in [-0.3, -0.25) is 4.79 Å². The zero-order chi connectivity index (χ0) is 22.1. The van der Waals surface area contributed by atoms with E-state index in [0.717, 1.165) is 0 Å². The molecule has 1 aliphatic heterocycles. The second kappa shape index (κ2) is 8.08.